The summed E-state index contributed by atoms with van der Waals surface area (Å²) in [4.78, 5) is 27.5. The van der Waals surface area contributed by atoms with Gasteiger partial charge in [-0.1, -0.05) is 12.1 Å². The van der Waals surface area contributed by atoms with E-state index in [0.717, 1.165) is 13.0 Å². The van der Waals surface area contributed by atoms with Crippen LogP contribution in [0.2, 0.25) is 0 Å². The maximum Gasteiger partial charge on any atom is 0.408 e. The summed E-state index contributed by atoms with van der Waals surface area (Å²) in [5, 5.41) is 11.8. The predicted octanol–water partition coefficient (Wildman–Crippen LogP) is 0.587. The first-order chi connectivity index (χ1) is 9.78. The van der Waals surface area contributed by atoms with Crippen molar-refractivity contribution in [1.82, 2.24) is 16.0 Å². The Kier molecular flexibility index (Phi) is 9.11. The summed E-state index contributed by atoms with van der Waals surface area (Å²) < 4.78 is 5.07. The fourth-order valence-electron chi connectivity index (χ4n) is 1.14. The molecule has 0 aromatic carbocycles. The molecule has 0 spiro atoms. The zero-order chi connectivity index (χ0) is 16.3. The van der Waals surface area contributed by atoms with Crippen LogP contribution in [0.1, 0.15) is 34.1 Å². The zero-order valence-corrected chi connectivity index (χ0v) is 13.4. The Labute approximate surface area is 125 Å². The quantitative estimate of drug-likeness (QED) is 0.209. The van der Waals surface area contributed by atoms with Crippen molar-refractivity contribution in [3.63, 3.8) is 0 Å². The van der Waals surface area contributed by atoms with Crippen LogP contribution in [0.15, 0.2) is 5.16 Å². The molecule has 0 aliphatic carbocycles. The van der Waals surface area contributed by atoms with Crippen LogP contribution in [0.5, 0.6) is 0 Å². The lowest BCUT2D eigenvalue weighted by atomic mass is 10.2. The Morgan fingerprint density at radius 3 is 2.38 bits per heavy atom. The monoisotopic (exact) mass is 302 g/mol. The highest BCUT2D eigenvalue weighted by Gasteiger charge is 2.16. The van der Waals surface area contributed by atoms with Gasteiger partial charge in [0.05, 0.1) is 13.1 Å². The average Bonchev–Trinajstić information content (AvgIpc) is 2.37. The number of amides is 1. The molecule has 0 atom stereocenters. The van der Waals surface area contributed by atoms with E-state index in [-0.39, 0.29) is 13.1 Å². The van der Waals surface area contributed by atoms with Crippen molar-refractivity contribution in [3.8, 4) is 0 Å². The second kappa shape index (κ2) is 9.98. The number of amidine groups is 1. The minimum absolute atomic E-state index is 0.0705. The van der Waals surface area contributed by atoms with E-state index in [9.17, 15) is 9.59 Å². The zero-order valence-electron chi connectivity index (χ0n) is 13.4. The van der Waals surface area contributed by atoms with Gasteiger partial charge in [-0.2, -0.15) is 0 Å². The van der Waals surface area contributed by atoms with Crippen LogP contribution in [0.4, 0.5) is 4.79 Å². The van der Waals surface area contributed by atoms with Crippen molar-refractivity contribution in [2.45, 2.75) is 39.7 Å². The predicted molar refractivity (Wildman–Crippen MR) is 80.0 cm³/mol. The number of hydrogen-bond donors (Lipinski definition) is 3. The normalized spacial score (nSPS) is 11.8. The first-order valence-corrected chi connectivity index (χ1v) is 6.90. The summed E-state index contributed by atoms with van der Waals surface area (Å²) in [6.07, 6.45) is 0.361. The molecule has 0 saturated heterocycles. The minimum atomic E-state index is -0.571. The Morgan fingerprint density at radius 1 is 1.19 bits per heavy atom. The van der Waals surface area contributed by atoms with Gasteiger partial charge in [0, 0.05) is 7.05 Å². The van der Waals surface area contributed by atoms with Gasteiger partial charge >= 0.3 is 12.1 Å². The van der Waals surface area contributed by atoms with Crippen LogP contribution in [-0.4, -0.2) is 50.2 Å². The molecule has 0 heterocycles. The fraction of sp³-hybridized carbons (Fsp3) is 0.769. The Balaban J connectivity index is 4.11. The highest BCUT2D eigenvalue weighted by Crippen LogP contribution is 2.06. The molecule has 8 nitrogen and oxygen atoms in total. The number of carbonyl (C=O) groups is 2. The van der Waals surface area contributed by atoms with Crippen molar-refractivity contribution >= 4 is 17.9 Å². The molecule has 122 valence electrons. The molecule has 0 radical (unpaired) electrons. The summed E-state index contributed by atoms with van der Waals surface area (Å²) in [6, 6.07) is 0. The van der Waals surface area contributed by atoms with Gasteiger partial charge in [0.1, 0.15) is 5.60 Å². The first kappa shape index (κ1) is 19.2. The Hall–Kier alpha value is -1.83. The molecule has 0 rings (SSSR count). The number of ether oxygens (including phenoxy) is 1. The Bertz CT molecular complexity index is 364. The topological polar surface area (TPSA) is 101 Å². The van der Waals surface area contributed by atoms with Crippen LogP contribution < -0.4 is 16.0 Å². The number of alkyl carbamates (subject to hydrolysis) is 1. The molecular formula is C13H26N4O4. The molecule has 8 heteroatoms. The highest BCUT2D eigenvalue weighted by atomic mass is 16.7. The molecule has 0 saturated carbocycles. The van der Waals surface area contributed by atoms with Gasteiger partial charge in [0.25, 0.3) is 0 Å². The minimum Gasteiger partial charge on any atom is -0.444 e. The number of nitrogens with zero attached hydrogens (tertiary/aromatic N) is 1. The second-order valence-corrected chi connectivity index (χ2v) is 5.28. The Morgan fingerprint density at radius 2 is 1.86 bits per heavy atom. The molecule has 0 aliphatic heterocycles. The maximum absolute atomic E-state index is 11.5. The highest BCUT2D eigenvalue weighted by molar-refractivity contribution is 5.87. The largest absolute Gasteiger partial charge is 0.444 e. The smallest absolute Gasteiger partial charge is 0.408 e. The van der Waals surface area contributed by atoms with E-state index in [1.54, 1.807) is 27.8 Å². The van der Waals surface area contributed by atoms with Gasteiger partial charge in [0.2, 0.25) is 0 Å². The van der Waals surface area contributed by atoms with Crippen molar-refractivity contribution in [1.29, 1.82) is 0 Å². The number of rotatable bonds is 7. The van der Waals surface area contributed by atoms with E-state index in [2.05, 4.69) is 21.1 Å². The third-order valence-corrected chi connectivity index (χ3v) is 2.04. The molecule has 21 heavy (non-hydrogen) atoms. The SMILES string of the molecule is CCCNCC(=O)O/N=C(/CNC(=O)OC(C)(C)C)NC. The van der Waals surface area contributed by atoms with Gasteiger partial charge in [-0.25, -0.2) is 9.59 Å². The molecule has 0 aromatic heterocycles. The van der Waals surface area contributed by atoms with Crippen molar-refractivity contribution in [2.75, 3.05) is 26.7 Å². The summed E-state index contributed by atoms with van der Waals surface area (Å²) >= 11 is 0. The molecular weight excluding hydrogens is 276 g/mol. The third-order valence-electron chi connectivity index (χ3n) is 2.04. The number of nitrogens with one attached hydrogen (secondary N) is 3. The number of oxime groups is 1. The number of likely N-dealkylation sites (N-methyl/N-ethyl adjacent to an activating group) is 1. The third kappa shape index (κ3) is 11.7. The maximum atomic E-state index is 11.5. The van der Waals surface area contributed by atoms with E-state index < -0.39 is 17.7 Å². The molecule has 1 amide bonds. The van der Waals surface area contributed by atoms with Crippen LogP contribution in [-0.2, 0) is 14.4 Å². The molecule has 0 bridgehead atoms. The summed E-state index contributed by atoms with van der Waals surface area (Å²) in [6.45, 7) is 8.20. The molecule has 0 aromatic rings. The van der Waals surface area contributed by atoms with Crippen LogP contribution in [0.25, 0.3) is 0 Å². The lowest BCUT2D eigenvalue weighted by Gasteiger charge is -2.19. The van der Waals surface area contributed by atoms with Gasteiger partial charge in [-0.15, -0.1) is 0 Å². The van der Waals surface area contributed by atoms with Crippen molar-refractivity contribution < 1.29 is 19.2 Å². The average molecular weight is 302 g/mol. The van der Waals surface area contributed by atoms with Crippen LogP contribution in [0, 0.1) is 0 Å². The van der Waals surface area contributed by atoms with Gasteiger partial charge in [0.15, 0.2) is 5.84 Å². The summed E-state index contributed by atoms with van der Waals surface area (Å²) in [5.41, 5.74) is -0.571. The van der Waals surface area contributed by atoms with Crippen molar-refractivity contribution in [3.05, 3.63) is 0 Å². The second-order valence-electron chi connectivity index (χ2n) is 5.28. The van der Waals surface area contributed by atoms with Gasteiger partial charge in [-0.3, -0.25) is 0 Å². The van der Waals surface area contributed by atoms with Crippen LogP contribution in [0.3, 0.4) is 0 Å². The molecule has 3 N–H and O–H groups in total. The molecule has 0 unspecified atom stereocenters. The summed E-state index contributed by atoms with van der Waals surface area (Å²) in [7, 11) is 1.61. The van der Waals surface area contributed by atoms with E-state index in [0.29, 0.717) is 5.84 Å². The number of hydrogen-bond acceptors (Lipinski definition) is 6. The first-order valence-electron chi connectivity index (χ1n) is 6.90. The van der Waals surface area contributed by atoms with E-state index in [4.69, 9.17) is 9.57 Å². The van der Waals surface area contributed by atoms with Crippen LogP contribution >= 0.6 is 0 Å². The van der Waals surface area contributed by atoms with Gasteiger partial charge < -0.3 is 25.5 Å². The lowest BCUT2D eigenvalue weighted by Crippen LogP contribution is -2.39. The summed E-state index contributed by atoms with van der Waals surface area (Å²) in [5.74, 6) is -0.182. The lowest BCUT2D eigenvalue weighted by molar-refractivity contribution is -0.142. The fourth-order valence-corrected chi connectivity index (χ4v) is 1.14. The van der Waals surface area contributed by atoms with E-state index in [1.807, 2.05) is 6.92 Å². The van der Waals surface area contributed by atoms with Gasteiger partial charge in [-0.05, 0) is 33.7 Å². The van der Waals surface area contributed by atoms with Crippen molar-refractivity contribution in [2.24, 2.45) is 5.16 Å². The molecule has 0 fully saturated rings. The van der Waals surface area contributed by atoms with E-state index in [1.165, 1.54) is 0 Å². The standard InChI is InChI=1S/C13H26N4O4/c1-6-7-15-9-11(18)21-17-10(14-5)8-16-12(19)20-13(2,3)4/h15H,6-9H2,1-5H3,(H,14,17)(H,16,19). The molecule has 0 aliphatic rings. The van der Waals surface area contributed by atoms with E-state index >= 15 is 0 Å². The number of carbonyl (C=O) groups excluding carboxylic acids is 2.